The van der Waals surface area contributed by atoms with Gasteiger partial charge in [-0.25, -0.2) is 0 Å². The zero-order valence-electron chi connectivity index (χ0n) is 11.0. The number of nitrogens with one attached hydrogen (secondary N) is 1. The summed E-state index contributed by atoms with van der Waals surface area (Å²) in [5.74, 6) is 0. The summed E-state index contributed by atoms with van der Waals surface area (Å²) in [7, 11) is 0. The molecule has 0 aromatic carbocycles. The maximum Gasteiger partial charge on any atom is 0.0196 e. The standard InChI is InChI=1S/C14H28N2/c1-3-7-13-11-16(12(2)10-15-13)14-8-5-4-6-9-14/h12-15H,3-11H2,1-2H3. The van der Waals surface area contributed by atoms with E-state index in [2.05, 4.69) is 24.1 Å². The Morgan fingerprint density at radius 3 is 2.62 bits per heavy atom. The Balaban J connectivity index is 1.89. The van der Waals surface area contributed by atoms with E-state index in [9.17, 15) is 0 Å². The summed E-state index contributed by atoms with van der Waals surface area (Å²) in [4.78, 5) is 2.80. The summed E-state index contributed by atoms with van der Waals surface area (Å²) in [6.45, 7) is 7.18. The molecule has 16 heavy (non-hydrogen) atoms. The first-order valence-electron chi connectivity index (χ1n) is 7.30. The Hall–Kier alpha value is -0.0800. The van der Waals surface area contributed by atoms with Crippen LogP contribution >= 0.6 is 0 Å². The van der Waals surface area contributed by atoms with E-state index >= 15 is 0 Å². The van der Waals surface area contributed by atoms with Crippen molar-refractivity contribution in [2.45, 2.75) is 76.9 Å². The van der Waals surface area contributed by atoms with Gasteiger partial charge in [-0.05, 0) is 26.2 Å². The lowest BCUT2D eigenvalue weighted by molar-refractivity contribution is 0.0680. The molecule has 1 saturated carbocycles. The highest BCUT2D eigenvalue weighted by Crippen LogP contribution is 2.25. The molecule has 0 spiro atoms. The maximum atomic E-state index is 3.70. The Labute approximate surface area is 101 Å². The minimum atomic E-state index is 0.746. The zero-order chi connectivity index (χ0) is 11.4. The number of hydrogen-bond donors (Lipinski definition) is 1. The summed E-state index contributed by atoms with van der Waals surface area (Å²) in [5, 5.41) is 3.70. The van der Waals surface area contributed by atoms with Crippen LogP contribution in [0.3, 0.4) is 0 Å². The highest BCUT2D eigenvalue weighted by molar-refractivity contribution is 4.88. The second kappa shape index (κ2) is 6.02. The molecule has 2 fully saturated rings. The number of hydrogen-bond acceptors (Lipinski definition) is 2. The summed E-state index contributed by atoms with van der Waals surface area (Å²) in [6.07, 6.45) is 9.93. The van der Waals surface area contributed by atoms with Crippen molar-refractivity contribution in [2.24, 2.45) is 0 Å². The van der Waals surface area contributed by atoms with Crippen LogP contribution in [0, 0.1) is 0 Å². The predicted octanol–water partition coefficient (Wildman–Crippen LogP) is 2.78. The van der Waals surface area contributed by atoms with Crippen molar-refractivity contribution in [3.05, 3.63) is 0 Å². The van der Waals surface area contributed by atoms with Crippen molar-refractivity contribution in [2.75, 3.05) is 13.1 Å². The van der Waals surface area contributed by atoms with Crippen LogP contribution in [0.1, 0.15) is 58.8 Å². The van der Waals surface area contributed by atoms with Gasteiger partial charge in [-0.2, -0.15) is 0 Å². The van der Waals surface area contributed by atoms with Crippen LogP contribution < -0.4 is 5.32 Å². The number of rotatable bonds is 3. The molecule has 0 radical (unpaired) electrons. The molecule has 0 aromatic rings. The lowest BCUT2D eigenvalue weighted by Crippen LogP contribution is -2.58. The molecule has 2 aliphatic rings. The van der Waals surface area contributed by atoms with Crippen molar-refractivity contribution >= 4 is 0 Å². The molecule has 2 unspecified atom stereocenters. The van der Waals surface area contributed by atoms with Gasteiger partial charge in [0.25, 0.3) is 0 Å². The van der Waals surface area contributed by atoms with Crippen molar-refractivity contribution in [1.29, 1.82) is 0 Å². The topological polar surface area (TPSA) is 15.3 Å². The molecule has 1 heterocycles. The molecular weight excluding hydrogens is 196 g/mol. The van der Waals surface area contributed by atoms with Crippen LogP contribution in [0.2, 0.25) is 0 Å². The van der Waals surface area contributed by atoms with Crippen LogP contribution in [0.4, 0.5) is 0 Å². The van der Waals surface area contributed by atoms with E-state index in [1.54, 1.807) is 0 Å². The second-order valence-corrected chi connectivity index (χ2v) is 5.73. The molecule has 0 amide bonds. The molecule has 0 bridgehead atoms. The summed E-state index contributed by atoms with van der Waals surface area (Å²) < 4.78 is 0. The zero-order valence-corrected chi connectivity index (χ0v) is 11.0. The van der Waals surface area contributed by atoms with Gasteiger partial charge >= 0.3 is 0 Å². The van der Waals surface area contributed by atoms with E-state index in [4.69, 9.17) is 0 Å². The van der Waals surface area contributed by atoms with Crippen molar-refractivity contribution < 1.29 is 0 Å². The van der Waals surface area contributed by atoms with Gasteiger partial charge < -0.3 is 5.32 Å². The van der Waals surface area contributed by atoms with Gasteiger partial charge in [0.05, 0.1) is 0 Å². The third-order valence-corrected chi connectivity index (χ3v) is 4.38. The lowest BCUT2D eigenvalue weighted by atomic mass is 9.91. The van der Waals surface area contributed by atoms with Crippen LogP contribution in [0.25, 0.3) is 0 Å². The smallest absolute Gasteiger partial charge is 0.0196 e. The normalized spacial score (nSPS) is 34.1. The fraction of sp³-hybridized carbons (Fsp3) is 1.00. The van der Waals surface area contributed by atoms with Gasteiger partial charge in [0, 0.05) is 31.2 Å². The van der Waals surface area contributed by atoms with E-state index in [-0.39, 0.29) is 0 Å². The fourth-order valence-corrected chi connectivity index (χ4v) is 3.42. The first kappa shape index (κ1) is 12.4. The van der Waals surface area contributed by atoms with Gasteiger partial charge in [-0.3, -0.25) is 4.90 Å². The molecular formula is C14H28N2. The average Bonchev–Trinajstić information content (AvgIpc) is 2.33. The highest BCUT2D eigenvalue weighted by Gasteiger charge is 2.30. The van der Waals surface area contributed by atoms with Gasteiger partial charge in [0.15, 0.2) is 0 Å². The molecule has 2 nitrogen and oxygen atoms in total. The average molecular weight is 224 g/mol. The van der Waals surface area contributed by atoms with Crippen molar-refractivity contribution in [1.82, 2.24) is 10.2 Å². The van der Waals surface area contributed by atoms with Crippen LogP contribution in [0.5, 0.6) is 0 Å². The van der Waals surface area contributed by atoms with Gasteiger partial charge in [0.1, 0.15) is 0 Å². The SMILES string of the molecule is CCCC1CN(C2CCCCC2)C(C)CN1. The van der Waals surface area contributed by atoms with E-state index in [0.29, 0.717) is 0 Å². The molecule has 1 N–H and O–H groups in total. The Morgan fingerprint density at radius 1 is 1.19 bits per heavy atom. The number of nitrogens with zero attached hydrogens (tertiary/aromatic N) is 1. The molecule has 2 rings (SSSR count). The van der Waals surface area contributed by atoms with Crippen LogP contribution in [-0.2, 0) is 0 Å². The van der Waals surface area contributed by atoms with E-state index in [1.807, 2.05) is 0 Å². The van der Waals surface area contributed by atoms with Crippen LogP contribution in [-0.4, -0.2) is 36.1 Å². The largest absolute Gasteiger partial charge is 0.311 e. The van der Waals surface area contributed by atoms with Gasteiger partial charge in [-0.1, -0.05) is 32.6 Å². The minimum absolute atomic E-state index is 0.746. The molecule has 94 valence electrons. The maximum absolute atomic E-state index is 3.70. The molecule has 1 aliphatic carbocycles. The van der Waals surface area contributed by atoms with Crippen LogP contribution in [0.15, 0.2) is 0 Å². The first-order valence-corrected chi connectivity index (χ1v) is 7.30. The summed E-state index contributed by atoms with van der Waals surface area (Å²) in [5.41, 5.74) is 0. The molecule has 2 atom stereocenters. The summed E-state index contributed by atoms with van der Waals surface area (Å²) in [6, 6.07) is 2.39. The van der Waals surface area contributed by atoms with E-state index in [0.717, 1.165) is 18.1 Å². The van der Waals surface area contributed by atoms with Gasteiger partial charge in [-0.15, -0.1) is 0 Å². The monoisotopic (exact) mass is 224 g/mol. The Morgan fingerprint density at radius 2 is 1.94 bits per heavy atom. The molecule has 1 aliphatic heterocycles. The fourth-order valence-electron chi connectivity index (χ4n) is 3.42. The molecule has 1 saturated heterocycles. The Bertz CT molecular complexity index is 199. The third-order valence-electron chi connectivity index (χ3n) is 4.38. The van der Waals surface area contributed by atoms with Gasteiger partial charge in [0.2, 0.25) is 0 Å². The lowest BCUT2D eigenvalue weighted by Gasteiger charge is -2.44. The summed E-state index contributed by atoms with van der Waals surface area (Å²) >= 11 is 0. The second-order valence-electron chi connectivity index (χ2n) is 5.73. The third kappa shape index (κ3) is 2.98. The minimum Gasteiger partial charge on any atom is -0.311 e. The quantitative estimate of drug-likeness (QED) is 0.793. The molecule has 0 aromatic heterocycles. The number of piperazine rings is 1. The predicted molar refractivity (Wildman–Crippen MR) is 69.7 cm³/mol. The van der Waals surface area contributed by atoms with E-state index < -0.39 is 0 Å². The van der Waals surface area contributed by atoms with E-state index in [1.165, 1.54) is 58.0 Å². The molecule has 2 heteroatoms. The highest BCUT2D eigenvalue weighted by atomic mass is 15.2. The van der Waals surface area contributed by atoms with Crippen molar-refractivity contribution in [3.63, 3.8) is 0 Å². The Kier molecular flexibility index (Phi) is 4.66. The van der Waals surface area contributed by atoms with Crippen molar-refractivity contribution in [3.8, 4) is 0 Å². The first-order chi connectivity index (χ1) is 7.81.